The van der Waals surface area contributed by atoms with Gasteiger partial charge >= 0.3 is 0 Å². The molecule has 108 valence electrons. The fraction of sp³-hybridized carbons (Fsp3) is 0.400. The van der Waals surface area contributed by atoms with E-state index >= 15 is 0 Å². The van der Waals surface area contributed by atoms with E-state index in [9.17, 15) is 0 Å². The third-order valence-electron chi connectivity index (χ3n) is 3.30. The molecule has 0 aliphatic heterocycles. The second kappa shape index (κ2) is 7.11. The fourth-order valence-corrected chi connectivity index (χ4v) is 2.77. The van der Waals surface area contributed by atoms with Crippen LogP contribution in [0.25, 0.3) is 0 Å². The smallest absolute Gasteiger partial charge is 0.0537 e. The van der Waals surface area contributed by atoms with Gasteiger partial charge in [0, 0.05) is 34.4 Å². The SMILES string of the molecule is CCNC(Cc1c(Cl)cccc1Cl)c1cnn(CC)c1. The molecule has 1 atom stereocenters. The topological polar surface area (TPSA) is 29.9 Å². The molecule has 3 nitrogen and oxygen atoms in total. The molecule has 1 aromatic heterocycles. The number of benzene rings is 1. The molecule has 1 unspecified atom stereocenters. The number of rotatable bonds is 6. The molecule has 1 heterocycles. The lowest BCUT2D eigenvalue weighted by atomic mass is 10.0. The maximum absolute atomic E-state index is 6.26. The highest BCUT2D eigenvalue weighted by atomic mass is 35.5. The molecule has 0 amide bonds. The zero-order valence-corrected chi connectivity index (χ0v) is 13.2. The molecule has 0 aliphatic rings. The lowest BCUT2D eigenvalue weighted by Gasteiger charge is -2.18. The molecular formula is C15H19Cl2N3. The van der Waals surface area contributed by atoms with Crippen LogP contribution in [0.5, 0.6) is 0 Å². The van der Waals surface area contributed by atoms with Gasteiger partial charge in [-0.2, -0.15) is 5.10 Å². The first-order valence-electron chi connectivity index (χ1n) is 6.84. The number of nitrogens with zero attached hydrogens (tertiary/aromatic N) is 2. The van der Waals surface area contributed by atoms with Gasteiger partial charge in [0.15, 0.2) is 0 Å². The van der Waals surface area contributed by atoms with Crippen molar-refractivity contribution in [3.8, 4) is 0 Å². The average Bonchev–Trinajstić information content (AvgIpc) is 2.90. The van der Waals surface area contributed by atoms with Gasteiger partial charge in [-0.05, 0) is 37.6 Å². The predicted molar refractivity (Wildman–Crippen MR) is 84.5 cm³/mol. The van der Waals surface area contributed by atoms with Crippen molar-refractivity contribution in [3.05, 3.63) is 51.8 Å². The van der Waals surface area contributed by atoms with Gasteiger partial charge < -0.3 is 5.32 Å². The van der Waals surface area contributed by atoms with Gasteiger partial charge in [-0.25, -0.2) is 0 Å². The summed E-state index contributed by atoms with van der Waals surface area (Å²) in [5.74, 6) is 0. The Morgan fingerprint density at radius 2 is 1.95 bits per heavy atom. The second-order valence-corrected chi connectivity index (χ2v) is 5.46. The van der Waals surface area contributed by atoms with Crippen LogP contribution >= 0.6 is 23.2 Å². The summed E-state index contributed by atoms with van der Waals surface area (Å²) in [6.07, 6.45) is 4.72. The monoisotopic (exact) mass is 311 g/mol. The second-order valence-electron chi connectivity index (χ2n) is 4.64. The maximum Gasteiger partial charge on any atom is 0.0537 e. The van der Waals surface area contributed by atoms with Crippen LogP contribution in [-0.4, -0.2) is 16.3 Å². The number of hydrogen-bond acceptors (Lipinski definition) is 2. The van der Waals surface area contributed by atoms with Crippen LogP contribution in [0.15, 0.2) is 30.6 Å². The van der Waals surface area contributed by atoms with Crippen molar-refractivity contribution in [2.24, 2.45) is 0 Å². The number of aromatic nitrogens is 2. The third kappa shape index (κ3) is 3.54. The highest BCUT2D eigenvalue weighted by Crippen LogP contribution is 2.29. The Labute approximate surface area is 129 Å². The number of hydrogen-bond donors (Lipinski definition) is 1. The summed E-state index contributed by atoms with van der Waals surface area (Å²) >= 11 is 12.5. The van der Waals surface area contributed by atoms with Crippen LogP contribution < -0.4 is 5.32 Å². The van der Waals surface area contributed by atoms with Crippen molar-refractivity contribution in [3.63, 3.8) is 0 Å². The summed E-state index contributed by atoms with van der Waals surface area (Å²) in [5, 5.41) is 9.23. The summed E-state index contributed by atoms with van der Waals surface area (Å²) in [4.78, 5) is 0. The van der Waals surface area contributed by atoms with Gasteiger partial charge in [-0.1, -0.05) is 36.2 Å². The van der Waals surface area contributed by atoms with Crippen molar-refractivity contribution >= 4 is 23.2 Å². The number of nitrogens with one attached hydrogen (secondary N) is 1. The van der Waals surface area contributed by atoms with Gasteiger partial charge in [0.25, 0.3) is 0 Å². The van der Waals surface area contributed by atoms with Crippen LogP contribution in [-0.2, 0) is 13.0 Å². The predicted octanol–water partition coefficient (Wildman–Crippen LogP) is 4.10. The Bertz CT molecular complexity index is 546. The van der Waals surface area contributed by atoms with E-state index in [2.05, 4.69) is 30.5 Å². The van der Waals surface area contributed by atoms with Crippen molar-refractivity contribution in [1.29, 1.82) is 0 Å². The lowest BCUT2D eigenvalue weighted by molar-refractivity contribution is 0.548. The molecule has 2 rings (SSSR count). The van der Waals surface area contributed by atoms with Gasteiger partial charge in [0.2, 0.25) is 0 Å². The number of likely N-dealkylation sites (N-methyl/N-ethyl adjacent to an activating group) is 1. The number of aryl methyl sites for hydroxylation is 1. The molecule has 0 fully saturated rings. The molecule has 1 N–H and O–H groups in total. The van der Waals surface area contributed by atoms with E-state index in [0.717, 1.165) is 30.6 Å². The van der Waals surface area contributed by atoms with E-state index in [1.807, 2.05) is 29.1 Å². The highest BCUT2D eigenvalue weighted by Gasteiger charge is 2.16. The molecule has 0 saturated heterocycles. The summed E-state index contributed by atoms with van der Waals surface area (Å²) in [6.45, 7) is 5.91. The first-order chi connectivity index (χ1) is 9.65. The normalized spacial score (nSPS) is 12.6. The molecule has 0 radical (unpaired) electrons. The van der Waals surface area contributed by atoms with Crippen LogP contribution in [0.3, 0.4) is 0 Å². The van der Waals surface area contributed by atoms with Gasteiger partial charge in [-0.15, -0.1) is 0 Å². The average molecular weight is 312 g/mol. The molecule has 20 heavy (non-hydrogen) atoms. The fourth-order valence-electron chi connectivity index (χ4n) is 2.22. The molecule has 1 aromatic carbocycles. The quantitative estimate of drug-likeness (QED) is 0.870. The molecular weight excluding hydrogens is 293 g/mol. The minimum atomic E-state index is 0.165. The van der Waals surface area contributed by atoms with Crippen LogP contribution in [0, 0.1) is 0 Å². The summed E-state index contributed by atoms with van der Waals surface area (Å²) in [7, 11) is 0. The lowest BCUT2D eigenvalue weighted by Crippen LogP contribution is -2.23. The standard InChI is InChI=1S/C15H19Cl2N3/c1-3-18-15(11-9-19-20(4-2)10-11)8-12-13(16)6-5-7-14(12)17/h5-7,9-10,15,18H,3-4,8H2,1-2H3. The highest BCUT2D eigenvalue weighted by molar-refractivity contribution is 6.36. The Morgan fingerprint density at radius 3 is 2.50 bits per heavy atom. The zero-order valence-electron chi connectivity index (χ0n) is 11.7. The van der Waals surface area contributed by atoms with Crippen molar-refractivity contribution < 1.29 is 0 Å². The third-order valence-corrected chi connectivity index (χ3v) is 4.01. The van der Waals surface area contributed by atoms with Crippen molar-refractivity contribution in [2.75, 3.05) is 6.54 Å². The minimum absolute atomic E-state index is 0.165. The van der Waals surface area contributed by atoms with E-state index in [0.29, 0.717) is 10.0 Å². The largest absolute Gasteiger partial charge is 0.310 e. The van der Waals surface area contributed by atoms with Crippen molar-refractivity contribution in [2.45, 2.75) is 32.9 Å². The molecule has 0 spiro atoms. The first kappa shape index (κ1) is 15.4. The minimum Gasteiger partial charge on any atom is -0.310 e. The van der Waals surface area contributed by atoms with E-state index in [4.69, 9.17) is 23.2 Å². The molecule has 0 aliphatic carbocycles. The van der Waals surface area contributed by atoms with Crippen molar-refractivity contribution in [1.82, 2.24) is 15.1 Å². The van der Waals surface area contributed by atoms with Crippen LogP contribution in [0.1, 0.15) is 31.0 Å². The Kier molecular flexibility index (Phi) is 5.46. The Morgan fingerprint density at radius 1 is 1.25 bits per heavy atom. The number of halogens is 2. The molecule has 0 bridgehead atoms. The summed E-state index contributed by atoms with van der Waals surface area (Å²) < 4.78 is 1.92. The Balaban J connectivity index is 2.25. The molecule has 2 aromatic rings. The Hall–Kier alpha value is -1.03. The van der Waals surface area contributed by atoms with E-state index in [1.54, 1.807) is 0 Å². The molecule has 5 heteroatoms. The zero-order chi connectivity index (χ0) is 14.5. The summed E-state index contributed by atoms with van der Waals surface area (Å²) in [5.41, 5.74) is 2.13. The van der Waals surface area contributed by atoms with Gasteiger partial charge in [-0.3, -0.25) is 4.68 Å². The summed E-state index contributed by atoms with van der Waals surface area (Å²) in [6, 6.07) is 5.78. The van der Waals surface area contributed by atoms with E-state index in [1.165, 1.54) is 0 Å². The van der Waals surface area contributed by atoms with Gasteiger partial charge in [0.1, 0.15) is 0 Å². The maximum atomic E-state index is 6.26. The van der Waals surface area contributed by atoms with Crippen LogP contribution in [0.2, 0.25) is 10.0 Å². The molecule has 0 saturated carbocycles. The van der Waals surface area contributed by atoms with E-state index < -0.39 is 0 Å². The van der Waals surface area contributed by atoms with E-state index in [-0.39, 0.29) is 6.04 Å². The van der Waals surface area contributed by atoms with Crippen LogP contribution in [0.4, 0.5) is 0 Å². The first-order valence-corrected chi connectivity index (χ1v) is 7.59. The van der Waals surface area contributed by atoms with Gasteiger partial charge in [0.05, 0.1) is 6.20 Å².